The van der Waals surface area contributed by atoms with Gasteiger partial charge in [0.2, 0.25) is 0 Å². The topological polar surface area (TPSA) is 57.9 Å². The molecule has 1 aromatic heterocycles. The van der Waals surface area contributed by atoms with Crippen LogP contribution in [0.1, 0.15) is 58.9 Å². The fourth-order valence-corrected chi connectivity index (χ4v) is 9.29. The average molecular weight is 553 g/mol. The third-order valence-electron chi connectivity index (χ3n) is 10.9. The molecule has 6 heteroatoms. The summed E-state index contributed by atoms with van der Waals surface area (Å²) in [4.78, 5) is 2.59. The number of aliphatic hydroxyl groups is 1. The second-order valence-corrected chi connectivity index (χ2v) is 13.4. The molecular weight excluding hydrogens is 520 g/mol. The van der Waals surface area contributed by atoms with Crippen molar-refractivity contribution in [1.29, 1.82) is 0 Å². The molecule has 2 N–H and O–H groups in total. The minimum absolute atomic E-state index is 0.0280. The van der Waals surface area contributed by atoms with Gasteiger partial charge in [0, 0.05) is 41.5 Å². The summed E-state index contributed by atoms with van der Waals surface area (Å²) in [5.74, 6) is 1.52. The first-order chi connectivity index (χ1) is 19.4. The highest BCUT2D eigenvalue weighted by Crippen LogP contribution is 2.69. The molecule has 3 aromatic carbocycles. The van der Waals surface area contributed by atoms with E-state index in [0.29, 0.717) is 18.7 Å². The molecular formula is C34H33ClN2O3. The second kappa shape index (κ2) is 7.84. The molecule has 2 bridgehead atoms. The van der Waals surface area contributed by atoms with Crippen LogP contribution >= 0.6 is 11.6 Å². The van der Waals surface area contributed by atoms with Crippen LogP contribution in [0.4, 0.5) is 0 Å². The number of aryl methyl sites for hydroxylation is 1. The first-order valence-corrected chi connectivity index (χ1v) is 15.1. The maximum atomic E-state index is 13.2. The van der Waals surface area contributed by atoms with Gasteiger partial charge in [-0.2, -0.15) is 0 Å². The van der Waals surface area contributed by atoms with Crippen LogP contribution in [0.25, 0.3) is 10.9 Å². The van der Waals surface area contributed by atoms with Crippen molar-refractivity contribution >= 4 is 22.5 Å². The third kappa shape index (κ3) is 2.86. The van der Waals surface area contributed by atoms with Crippen LogP contribution in [0.3, 0.4) is 0 Å². The van der Waals surface area contributed by atoms with Gasteiger partial charge in [0.25, 0.3) is 0 Å². The third-order valence-corrected chi connectivity index (χ3v) is 11.1. The molecule has 2 aliphatic heterocycles. The number of nitrogens with zero attached hydrogens (tertiary/aromatic N) is 2. The Balaban J connectivity index is 1.33. The van der Waals surface area contributed by atoms with Crippen molar-refractivity contribution in [2.45, 2.75) is 68.7 Å². The Bertz CT molecular complexity index is 1740. The lowest BCUT2D eigenvalue weighted by Gasteiger charge is -2.63. The highest BCUT2D eigenvalue weighted by molar-refractivity contribution is 6.30. The number of hydrogen-bond acceptors (Lipinski definition) is 4. The molecule has 1 saturated heterocycles. The van der Waals surface area contributed by atoms with E-state index in [0.717, 1.165) is 53.7 Å². The van der Waals surface area contributed by atoms with Crippen molar-refractivity contribution in [2.24, 2.45) is 5.92 Å². The SMILES string of the molecule is Cc1cccc2c3c(n(Cc4cccc(Cl)c4)c12)[C@@H]1Oc2c(O)ccc4c2[C@@]12CCN(CC1CC1)[C@H](C4)[C@]2(O)C3. The van der Waals surface area contributed by atoms with Crippen LogP contribution in [0.2, 0.25) is 5.02 Å². The normalized spacial score (nSPS) is 29.8. The van der Waals surface area contributed by atoms with Crippen molar-refractivity contribution in [2.75, 3.05) is 13.1 Å². The van der Waals surface area contributed by atoms with E-state index < -0.39 is 11.0 Å². The molecule has 4 atom stereocenters. The number of phenolic OH excluding ortho intramolecular Hbond substituents is 1. The van der Waals surface area contributed by atoms with Gasteiger partial charge in [-0.25, -0.2) is 0 Å². The summed E-state index contributed by atoms with van der Waals surface area (Å²) < 4.78 is 9.35. The molecule has 1 spiro atoms. The van der Waals surface area contributed by atoms with Gasteiger partial charge in [-0.3, -0.25) is 4.90 Å². The number of benzene rings is 3. The minimum atomic E-state index is -0.983. The molecule has 0 unspecified atom stereocenters. The van der Waals surface area contributed by atoms with Gasteiger partial charge < -0.3 is 19.5 Å². The van der Waals surface area contributed by atoms with E-state index in [-0.39, 0.29) is 17.9 Å². The Kier molecular flexibility index (Phi) is 4.65. The summed E-state index contributed by atoms with van der Waals surface area (Å²) in [6.07, 6.45) is 4.42. The van der Waals surface area contributed by atoms with Crippen molar-refractivity contribution in [3.8, 4) is 11.5 Å². The highest BCUT2D eigenvalue weighted by atomic mass is 35.5. The van der Waals surface area contributed by atoms with E-state index in [1.165, 1.54) is 40.4 Å². The fourth-order valence-electron chi connectivity index (χ4n) is 9.07. The molecule has 3 heterocycles. The molecule has 5 nitrogen and oxygen atoms in total. The van der Waals surface area contributed by atoms with Crippen LogP contribution in [0.15, 0.2) is 54.6 Å². The van der Waals surface area contributed by atoms with Gasteiger partial charge in [0.15, 0.2) is 17.6 Å². The molecule has 1 saturated carbocycles. The number of fused-ring (bicyclic) bond motifs is 4. The summed E-state index contributed by atoms with van der Waals surface area (Å²) in [7, 11) is 0. The zero-order chi connectivity index (χ0) is 27.0. The van der Waals surface area contributed by atoms with E-state index >= 15 is 0 Å². The first kappa shape index (κ1) is 23.7. The lowest BCUT2D eigenvalue weighted by molar-refractivity contribution is -0.173. The van der Waals surface area contributed by atoms with Crippen molar-refractivity contribution < 1.29 is 14.9 Å². The quantitative estimate of drug-likeness (QED) is 0.323. The van der Waals surface area contributed by atoms with E-state index in [2.05, 4.69) is 46.7 Å². The average Bonchev–Trinajstić information content (AvgIpc) is 3.60. The zero-order valence-electron chi connectivity index (χ0n) is 22.7. The van der Waals surface area contributed by atoms with E-state index in [4.69, 9.17) is 16.3 Å². The van der Waals surface area contributed by atoms with Gasteiger partial charge in [-0.15, -0.1) is 0 Å². The van der Waals surface area contributed by atoms with Gasteiger partial charge in [0.1, 0.15) is 0 Å². The number of aromatic nitrogens is 1. The Morgan fingerprint density at radius 3 is 2.77 bits per heavy atom. The van der Waals surface area contributed by atoms with Crippen LogP contribution in [0, 0.1) is 12.8 Å². The van der Waals surface area contributed by atoms with Crippen molar-refractivity contribution in [3.05, 3.63) is 93.1 Å². The Morgan fingerprint density at radius 1 is 1.10 bits per heavy atom. The zero-order valence-corrected chi connectivity index (χ0v) is 23.4. The van der Waals surface area contributed by atoms with Crippen molar-refractivity contribution in [1.82, 2.24) is 9.47 Å². The minimum Gasteiger partial charge on any atom is -0.504 e. The van der Waals surface area contributed by atoms with Crippen LogP contribution in [-0.2, 0) is 24.8 Å². The summed E-state index contributed by atoms with van der Waals surface area (Å²) in [6, 6.07) is 18.5. The number of aromatic hydroxyl groups is 1. The number of para-hydroxylation sites is 1. The van der Waals surface area contributed by atoms with Gasteiger partial charge in [-0.1, -0.05) is 48.0 Å². The number of halogens is 1. The van der Waals surface area contributed by atoms with Crippen LogP contribution in [-0.4, -0.2) is 44.4 Å². The lowest BCUT2D eigenvalue weighted by Crippen LogP contribution is -2.74. The van der Waals surface area contributed by atoms with Crippen molar-refractivity contribution in [3.63, 3.8) is 0 Å². The largest absolute Gasteiger partial charge is 0.504 e. The Hall–Kier alpha value is -2.99. The highest BCUT2D eigenvalue weighted by Gasteiger charge is 2.73. The number of rotatable bonds is 4. The van der Waals surface area contributed by atoms with E-state index in [1.54, 1.807) is 6.07 Å². The smallest absolute Gasteiger partial charge is 0.166 e. The predicted octanol–water partition coefficient (Wildman–Crippen LogP) is 6.06. The molecule has 5 aliphatic rings. The molecule has 4 aromatic rings. The number of hydrogen-bond donors (Lipinski definition) is 2. The lowest BCUT2D eigenvalue weighted by atomic mass is 9.49. The molecule has 9 rings (SSSR count). The van der Waals surface area contributed by atoms with Gasteiger partial charge in [0.05, 0.1) is 22.2 Å². The molecule has 204 valence electrons. The molecule has 0 amide bonds. The molecule has 2 fully saturated rings. The summed E-state index contributed by atoms with van der Waals surface area (Å²) in [5, 5.41) is 26.2. The summed E-state index contributed by atoms with van der Waals surface area (Å²) in [5.41, 5.74) is 6.58. The first-order valence-electron chi connectivity index (χ1n) is 14.7. The Labute approximate surface area is 238 Å². The maximum absolute atomic E-state index is 13.2. The van der Waals surface area contributed by atoms with Gasteiger partial charge >= 0.3 is 0 Å². The second-order valence-electron chi connectivity index (χ2n) is 13.0. The monoisotopic (exact) mass is 552 g/mol. The fraction of sp³-hybridized carbons (Fsp3) is 0.412. The molecule has 40 heavy (non-hydrogen) atoms. The van der Waals surface area contributed by atoms with Crippen LogP contribution in [0.5, 0.6) is 11.5 Å². The summed E-state index contributed by atoms with van der Waals surface area (Å²) in [6.45, 7) is 4.85. The molecule has 3 aliphatic carbocycles. The number of phenols is 1. The van der Waals surface area contributed by atoms with Crippen LogP contribution < -0.4 is 4.74 Å². The Morgan fingerprint density at radius 2 is 1.95 bits per heavy atom. The number of piperidine rings is 1. The standard InChI is InChI=1S/C34H33ClN2O3/c1-19-4-2-7-24-25-16-34(39)27-15-22-10-11-26(38)31-28(22)33(34,12-13-36(27)17-20-8-9-20)32(40-31)30(25)37(29(19)24)18-21-5-3-6-23(35)14-21/h2-7,10-11,14,20,27,32,38-39H,8-9,12-13,15-18H2,1H3/t27-,32+,33+,34-/m1/s1. The number of ether oxygens (including phenoxy) is 1. The predicted molar refractivity (Wildman–Crippen MR) is 155 cm³/mol. The van der Waals surface area contributed by atoms with E-state index in [1.807, 2.05) is 18.2 Å². The summed E-state index contributed by atoms with van der Waals surface area (Å²) >= 11 is 6.43. The number of likely N-dealkylation sites (tertiary alicyclic amines) is 1. The molecule has 0 radical (unpaired) electrons. The maximum Gasteiger partial charge on any atom is 0.166 e. The van der Waals surface area contributed by atoms with E-state index in [9.17, 15) is 10.2 Å². The van der Waals surface area contributed by atoms with Gasteiger partial charge in [-0.05, 0) is 85.5 Å².